The van der Waals surface area contributed by atoms with Crippen molar-refractivity contribution in [3.05, 3.63) is 60.3 Å². The maximum atomic E-state index is 8.64. The van der Waals surface area contributed by atoms with Gasteiger partial charge in [-0.2, -0.15) is 5.10 Å². The first kappa shape index (κ1) is 19.2. The fourth-order valence-corrected chi connectivity index (χ4v) is 4.09. The number of amidine groups is 1. The van der Waals surface area contributed by atoms with Crippen LogP contribution in [0.3, 0.4) is 0 Å². The number of ether oxygens (including phenoxy) is 1. The largest absolute Gasteiger partial charge is 0.496 e. The second-order valence-electron chi connectivity index (χ2n) is 7.70. The molecule has 5 rings (SSSR count). The molecular weight excluding hydrogens is 388 g/mol. The zero-order chi connectivity index (χ0) is 21.2. The Balaban J connectivity index is 1.53. The minimum Gasteiger partial charge on any atom is -0.496 e. The summed E-state index contributed by atoms with van der Waals surface area (Å²) in [6.45, 7) is 1.90. The van der Waals surface area contributed by atoms with Gasteiger partial charge in [0.1, 0.15) is 22.8 Å². The molecule has 31 heavy (non-hydrogen) atoms. The molecule has 0 unspecified atom stereocenters. The highest BCUT2D eigenvalue weighted by Gasteiger charge is 2.18. The SMILES string of the molecule is COc1ccccc1-c1n[nH]c2ncc(-c3cccc(C(=N)N4CCCCC4)c3)nc12. The molecule has 7 heteroatoms. The highest BCUT2D eigenvalue weighted by Crippen LogP contribution is 2.32. The van der Waals surface area contributed by atoms with Crippen molar-refractivity contribution in [3.8, 4) is 28.3 Å². The zero-order valence-corrected chi connectivity index (χ0v) is 17.4. The molecule has 1 aliphatic heterocycles. The van der Waals surface area contributed by atoms with E-state index in [0.29, 0.717) is 22.7 Å². The number of hydrogen-bond donors (Lipinski definition) is 2. The number of fused-ring (bicyclic) bond motifs is 1. The summed E-state index contributed by atoms with van der Waals surface area (Å²) in [6.07, 6.45) is 5.29. The monoisotopic (exact) mass is 412 g/mol. The van der Waals surface area contributed by atoms with Crippen LogP contribution in [0.1, 0.15) is 24.8 Å². The van der Waals surface area contributed by atoms with Crippen LogP contribution in [0.4, 0.5) is 0 Å². The van der Waals surface area contributed by atoms with Gasteiger partial charge in [0.05, 0.1) is 19.0 Å². The average molecular weight is 412 g/mol. The zero-order valence-electron chi connectivity index (χ0n) is 17.4. The average Bonchev–Trinajstić information content (AvgIpc) is 3.27. The maximum absolute atomic E-state index is 8.64. The first-order valence-corrected chi connectivity index (χ1v) is 10.5. The minimum absolute atomic E-state index is 0.577. The van der Waals surface area contributed by atoms with Crippen molar-refractivity contribution in [3.63, 3.8) is 0 Å². The number of hydrogen-bond acceptors (Lipinski definition) is 5. The lowest BCUT2D eigenvalue weighted by atomic mass is 10.0. The first-order valence-electron chi connectivity index (χ1n) is 10.5. The molecule has 4 aromatic rings. The van der Waals surface area contributed by atoms with E-state index in [1.54, 1.807) is 13.3 Å². The van der Waals surface area contributed by atoms with E-state index in [4.69, 9.17) is 15.1 Å². The Morgan fingerprint density at radius 3 is 2.74 bits per heavy atom. The number of H-pyrrole nitrogens is 1. The number of likely N-dealkylation sites (tertiary alicyclic amines) is 1. The summed E-state index contributed by atoms with van der Waals surface area (Å²) in [5, 5.41) is 16.1. The van der Waals surface area contributed by atoms with Gasteiger partial charge in [-0.15, -0.1) is 0 Å². The predicted octanol–water partition coefficient (Wildman–Crippen LogP) is 4.51. The van der Waals surface area contributed by atoms with Crippen molar-refractivity contribution in [2.24, 2.45) is 0 Å². The van der Waals surface area contributed by atoms with Crippen molar-refractivity contribution in [2.75, 3.05) is 20.2 Å². The third-order valence-corrected chi connectivity index (χ3v) is 5.74. The highest BCUT2D eigenvalue weighted by molar-refractivity contribution is 5.97. The molecule has 0 amide bonds. The summed E-state index contributed by atoms with van der Waals surface area (Å²) < 4.78 is 5.50. The number of methoxy groups -OCH3 is 1. The van der Waals surface area contributed by atoms with E-state index in [1.807, 2.05) is 48.5 Å². The van der Waals surface area contributed by atoms with E-state index in [1.165, 1.54) is 6.42 Å². The third kappa shape index (κ3) is 3.63. The smallest absolute Gasteiger partial charge is 0.174 e. The first-order chi connectivity index (χ1) is 15.2. The van der Waals surface area contributed by atoms with Crippen LogP contribution >= 0.6 is 0 Å². The third-order valence-electron chi connectivity index (χ3n) is 5.74. The van der Waals surface area contributed by atoms with Gasteiger partial charge >= 0.3 is 0 Å². The lowest BCUT2D eigenvalue weighted by Crippen LogP contribution is -2.35. The molecule has 1 fully saturated rings. The van der Waals surface area contributed by atoms with Gasteiger partial charge in [0, 0.05) is 29.8 Å². The number of aromatic amines is 1. The van der Waals surface area contributed by atoms with Crippen LogP contribution < -0.4 is 4.74 Å². The Hall–Kier alpha value is -3.74. The van der Waals surface area contributed by atoms with Gasteiger partial charge in [-0.1, -0.05) is 30.3 Å². The Kier molecular flexibility index (Phi) is 5.08. The molecular formula is C24H24N6O. The van der Waals surface area contributed by atoms with Gasteiger partial charge in [-0.25, -0.2) is 9.97 Å². The van der Waals surface area contributed by atoms with Crippen molar-refractivity contribution in [1.29, 1.82) is 5.41 Å². The lowest BCUT2D eigenvalue weighted by molar-refractivity contribution is 0.341. The molecule has 2 N–H and O–H groups in total. The van der Waals surface area contributed by atoms with Gasteiger partial charge in [-0.3, -0.25) is 10.5 Å². The van der Waals surface area contributed by atoms with Crippen molar-refractivity contribution in [2.45, 2.75) is 19.3 Å². The highest BCUT2D eigenvalue weighted by atomic mass is 16.5. The summed E-state index contributed by atoms with van der Waals surface area (Å²) in [4.78, 5) is 11.6. The molecule has 0 atom stereocenters. The molecule has 2 aromatic carbocycles. The lowest BCUT2D eigenvalue weighted by Gasteiger charge is -2.29. The van der Waals surface area contributed by atoms with Crippen LogP contribution in [-0.4, -0.2) is 51.1 Å². The molecule has 1 aliphatic rings. The Labute approximate surface area is 180 Å². The van der Waals surface area contributed by atoms with Gasteiger partial charge in [0.2, 0.25) is 0 Å². The summed E-state index contributed by atoms with van der Waals surface area (Å²) in [7, 11) is 1.65. The van der Waals surface area contributed by atoms with Gasteiger partial charge in [-0.05, 0) is 37.5 Å². The van der Waals surface area contributed by atoms with Crippen molar-refractivity contribution in [1.82, 2.24) is 25.1 Å². The van der Waals surface area contributed by atoms with Crippen molar-refractivity contribution < 1.29 is 4.74 Å². The number of nitrogens with zero attached hydrogens (tertiary/aromatic N) is 4. The number of benzene rings is 2. The summed E-state index contributed by atoms with van der Waals surface area (Å²) in [6, 6.07) is 15.7. The minimum atomic E-state index is 0.577. The molecule has 156 valence electrons. The van der Waals surface area contributed by atoms with E-state index in [9.17, 15) is 0 Å². The Morgan fingerprint density at radius 2 is 1.90 bits per heavy atom. The van der Waals surface area contributed by atoms with Gasteiger partial charge in [0.15, 0.2) is 5.65 Å². The van der Waals surface area contributed by atoms with Gasteiger partial charge < -0.3 is 9.64 Å². The normalized spacial score (nSPS) is 14.0. The van der Waals surface area contributed by atoms with E-state index in [2.05, 4.69) is 20.1 Å². The van der Waals surface area contributed by atoms with Gasteiger partial charge in [0.25, 0.3) is 0 Å². The molecule has 0 bridgehead atoms. The molecule has 3 heterocycles. The molecule has 0 radical (unpaired) electrons. The molecule has 0 aliphatic carbocycles. The summed E-state index contributed by atoms with van der Waals surface area (Å²) in [5.74, 6) is 1.31. The number of aromatic nitrogens is 4. The Bertz CT molecular complexity index is 1240. The predicted molar refractivity (Wildman–Crippen MR) is 121 cm³/mol. The number of para-hydroxylation sites is 1. The van der Waals surface area contributed by atoms with Crippen molar-refractivity contribution >= 4 is 17.0 Å². The molecule has 0 spiro atoms. The topological polar surface area (TPSA) is 90.8 Å². The molecule has 1 saturated heterocycles. The van der Waals surface area contributed by atoms with Crippen LogP contribution in [0.5, 0.6) is 5.75 Å². The van der Waals surface area contributed by atoms with Crippen LogP contribution in [0.2, 0.25) is 0 Å². The van der Waals surface area contributed by atoms with Crippen LogP contribution in [0.15, 0.2) is 54.7 Å². The fourth-order valence-electron chi connectivity index (χ4n) is 4.09. The standard InChI is InChI=1S/C24H24N6O/c1-31-20-11-4-3-10-18(20)21-22-24(29-28-21)26-15-19(27-22)16-8-7-9-17(14-16)23(25)30-12-5-2-6-13-30/h3-4,7-11,14-15,25H,2,5-6,12-13H2,1H3,(H,26,28,29). The van der Waals surface area contributed by atoms with E-state index >= 15 is 0 Å². The maximum Gasteiger partial charge on any atom is 0.174 e. The summed E-state index contributed by atoms with van der Waals surface area (Å²) >= 11 is 0. The van der Waals surface area contributed by atoms with E-state index in [0.717, 1.165) is 54.1 Å². The summed E-state index contributed by atoms with van der Waals surface area (Å²) in [5.41, 5.74) is 5.47. The van der Waals surface area contributed by atoms with Crippen LogP contribution in [0.25, 0.3) is 33.7 Å². The quantitative estimate of drug-likeness (QED) is 0.380. The Morgan fingerprint density at radius 1 is 1.06 bits per heavy atom. The van der Waals surface area contributed by atoms with Crippen LogP contribution in [0, 0.1) is 5.41 Å². The molecule has 2 aromatic heterocycles. The molecule has 0 saturated carbocycles. The number of piperidine rings is 1. The molecule has 7 nitrogen and oxygen atoms in total. The van der Waals surface area contributed by atoms with Crippen LogP contribution in [-0.2, 0) is 0 Å². The number of nitrogens with one attached hydrogen (secondary N) is 2. The fraction of sp³-hybridized carbons (Fsp3) is 0.250. The second kappa shape index (κ2) is 8.18. The van der Waals surface area contributed by atoms with E-state index in [-0.39, 0.29) is 0 Å². The number of rotatable bonds is 4. The van der Waals surface area contributed by atoms with E-state index < -0.39 is 0 Å². The second-order valence-corrected chi connectivity index (χ2v) is 7.70.